The fourth-order valence-corrected chi connectivity index (χ4v) is 2.34. The van der Waals surface area contributed by atoms with E-state index in [0.717, 1.165) is 26.2 Å². The molecule has 0 radical (unpaired) electrons. The highest BCUT2D eigenvalue weighted by atomic mass is 16.2. The van der Waals surface area contributed by atoms with Crippen molar-refractivity contribution in [2.45, 2.75) is 40.5 Å². The molecule has 2 unspecified atom stereocenters. The molecule has 1 aliphatic heterocycles. The van der Waals surface area contributed by atoms with E-state index in [2.05, 4.69) is 33.0 Å². The second-order valence-electron chi connectivity index (χ2n) is 5.62. The summed E-state index contributed by atoms with van der Waals surface area (Å²) >= 11 is 0. The minimum atomic E-state index is 0.145. The average Bonchev–Trinajstić information content (AvgIpc) is 2.35. The first-order chi connectivity index (χ1) is 8.06. The monoisotopic (exact) mass is 240 g/mol. The van der Waals surface area contributed by atoms with Crippen LogP contribution in [0.3, 0.4) is 0 Å². The first kappa shape index (κ1) is 14.5. The molecule has 1 rings (SSSR count). The van der Waals surface area contributed by atoms with E-state index in [1.54, 1.807) is 0 Å². The third-order valence-corrected chi connectivity index (χ3v) is 3.96. The summed E-state index contributed by atoms with van der Waals surface area (Å²) in [6.45, 7) is 12.4. The standard InChI is InChI=1S/C14H28N2O/c1-5-16(14(17)12(4)11(2)3)10-13-7-6-8-15-9-13/h11-13,15H,5-10H2,1-4H3. The molecule has 1 N–H and O–H groups in total. The second kappa shape index (κ2) is 7.00. The van der Waals surface area contributed by atoms with Crippen LogP contribution in [0.4, 0.5) is 0 Å². The van der Waals surface area contributed by atoms with Crippen molar-refractivity contribution >= 4 is 5.91 Å². The summed E-state index contributed by atoms with van der Waals surface area (Å²) in [4.78, 5) is 14.3. The van der Waals surface area contributed by atoms with Crippen LogP contribution >= 0.6 is 0 Å². The van der Waals surface area contributed by atoms with E-state index >= 15 is 0 Å². The molecule has 0 aliphatic carbocycles. The molecule has 0 spiro atoms. The summed E-state index contributed by atoms with van der Waals surface area (Å²) in [5, 5.41) is 3.42. The topological polar surface area (TPSA) is 32.3 Å². The molecule has 1 saturated heterocycles. The third kappa shape index (κ3) is 4.30. The third-order valence-electron chi connectivity index (χ3n) is 3.96. The molecule has 3 heteroatoms. The van der Waals surface area contributed by atoms with Gasteiger partial charge in [-0.2, -0.15) is 0 Å². The molecule has 1 aliphatic rings. The van der Waals surface area contributed by atoms with Crippen LogP contribution in [-0.4, -0.2) is 37.0 Å². The van der Waals surface area contributed by atoms with Crippen LogP contribution < -0.4 is 5.32 Å². The van der Waals surface area contributed by atoms with Crippen LogP contribution in [0.2, 0.25) is 0 Å². The van der Waals surface area contributed by atoms with Crippen LogP contribution in [0.15, 0.2) is 0 Å². The summed E-state index contributed by atoms with van der Waals surface area (Å²) in [5.74, 6) is 1.55. The molecule has 2 atom stereocenters. The molecule has 0 aromatic heterocycles. The lowest BCUT2D eigenvalue weighted by Crippen LogP contribution is -2.43. The lowest BCUT2D eigenvalue weighted by atomic mass is 9.94. The fourth-order valence-electron chi connectivity index (χ4n) is 2.34. The van der Waals surface area contributed by atoms with Gasteiger partial charge in [0.25, 0.3) is 0 Å². The van der Waals surface area contributed by atoms with E-state index in [1.807, 2.05) is 4.90 Å². The molecule has 1 fully saturated rings. The summed E-state index contributed by atoms with van der Waals surface area (Å²) < 4.78 is 0. The maximum absolute atomic E-state index is 12.3. The maximum Gasteiger partial charge on any atom is 0.225 e. The van der Waals surface area contributed by atoms with Crippen molar-refractivity contribution in [3.05, 3.63) is 0 Å². The number of amides is 1. The Balaban J connectivity index is 2.49. The predicted molar refractivity (Wildman–Crippen MR) is 71.8 cm³/mol. The highest BCUT2D eigenvalue weighted by Gasteiger charge is 2.24. The SMILES string of the molecule is CCN(CC1CCCNC1)C(=O)C(C)C(C)C. The van der Waals surface area contributed by atoms with Gasteiger partial charge in [-0.1, -0.05) is 20.8 Å². The number of nitrogens with one attached hydrogen (secondary N) is 1. The number of piperidine rings is 1. The zero-order chi connectivity index (χ0) is 12.8. The molecular weight excluding hydrogens is 212 g/mol. The summed E-state index contributed by atoms with van der Waals surface area (Å²) in [7, 11) is 0. The smallest absolute Gasteiger partial charge is 0.225 e. The van der Waals surface area contributed by atoms with Crippen LogP contribution in [0, 0.1) is 17.8 Å². The van der Waals surface area contributed by atoms with Gasteiger partial charge in [-0.05, 0) is 44.7 Å². The van der Waals surface area contributed by atoms with Gasteiger partial charge in [0.05, 0.1) is 0 Å². The number of hydrogen-bond acceptors (Lipinski definition) is 2. The summed E-state index contributed by atoms with van der Waals surface area (Å²) in [5.41, 5.74) is 0. The van der Waals surface area contributed by atoms with Crippen LogP contribution in [-0.2, 0) is 4.79 Å². The number of carbonyl (C=O) groups excluding carboxylic acids is 1. The van der Waals surface area contributed by atoms with Gasteiger partial charge < -0.3 is 10.2 Å². The normalized spacial score (nSPS) is 22.5. The maximum atomic E-state index is 12.3. The Bertz CT molecular complexity index is 234. The first-order valence-corrected chi connectivity index (χ1v) is 7.05. The van der Waals surface area contributed by atoms with Gasteiger partial charge in [0, 0.05) is 19.0 Å². The molecular formula is C14H28N2O. The van der Waals surface area contributed by atoms with E-state index in [9.17, 15) is 4.79 Å². The van der Waals surface area contributed by atoms with Crippen molar-refractivity contribution in [1.29, 1.82) is 0 Å². The van der Waals surface area contributed by atoms with Gasteiger partial charge in [-0.3, -0.25) is 4.79 Å². The van der Waals surface area contributed by atoms with Gasteiger partial charge in [0.1, 0.15) is 0 Å². The van der Waals surface area contributed by atoms with E-state index in [1.165, 1.54) is 12.8 Å². The van der Waals surface area contributed by atoms with E-state index in [4.69, 9.17) is 0 Å². The summed E-state index contributed by atoms with van der Waals surface area (Å²) in [6, 6.07) is 0. The Morgan fingerprint density at radius 2 is 2.12 bits per heavy atom. The Hall–Kier alpha value is -0.570. The van der Waals surface area contributed by atoms with Crippen LogP contribution in [0.5, 0.6) is 0 Å². The molecule has 0 aromatic rings. The quantitative estimate of drug-likeness (QED) is 0.798. The van der Waals surface area contributed by atoms with Crippen molar-refractivity contribution in [1.82, 2.24) is 10.2 Å². The number of hydrogen-bond donors (Lipinski definition) is 1. The number of rotatable bonds is 5. The van der Waals surface area contributed by atoms with E-state index in [0.29, 0.717) is 17.7 Å². The van der Waals surface area contributed by atoms with Gasteiger partial charge in [-0.15, -0.1) is 0 Å². The van der Waals surface area contributed by atoms with E-state index in [-0.39, 0.29) is 5.92 Å². The minimum absolute atomic E-state index is 0.145. The molecule has 17 heavy (non-hydrogen) atoms. The van der Waals surface area contributed by atoms with Crippen molar-refractivity contribution in [3.63, 3.8) is 0 Å². The molecule has 1 heterocycles. The summed E-state index contributed by atoms with van der Waals surface area (Å²) in [6.07, 6.45) is 2.50. The Kier molecular flexibility index (Phi) is 5.96. The van der Waals surface area contributed by atoms with Crippen molar-refractivity contribution in [2.75, 3.05) is 26.2 Å². The lowest BCUT2D eigenvalue weighted by Gasteiger charge is -2.32. The second-order valence-corrected chi connectivity index (χ2v) is 5.62. The molecule has 1 amide bonds. The Morgan fingerprint density at radius 3 is 2.59 bits per heavy atom. The number of carbonyl (C=O) groups is 1. The van der Waals surface area contributed by atoms with Crippen molar-refractivity contribution < 1.29 is 4.79 Å². The largest absolute Gasteiger partial charge is 0.342 e. The first-order valence-electron chi connectivity index (χ1n) is 7.05. The van der Waals surface area contributed by atoms with Gasteiger partial charge in [-0.25, -0.2) is 0 Å². The lowest BCUT2D eigenvalue weighted by molar-refractivity contribution is -0.136. The van der Waals surface area contributed by atoms with Crippen LogP contribution in [0.1, 0.15) is 40.5 Å². The Morgan fingerprint density at radius 1 is 1.41 bits per heavy atom. The van der Waals surface area contributed by atoms with Gasteiger partial charge >= 0.3 is 0 Å². The van der Waals surface area contributed by atoms with Crippen LogP contribution in [0.25, 0.3) is 0 Å². The zero-order valence-corrected chi connectivity index (χ0v) is 11.8. The average molecular weight is 240 g/mol. The van der Waals surface area contributed by atoms with Gasteiger partial charge in [0.2, 0.25) is 5.91 Å². The van der Waals surface area contributed by atoms with E-state index < -0.39 is 0 Å². The predicted octanol–water partition coefficient (Wildman–Crippen LogP) is 2.13. The molecule has 100 valence electrons. The van der Waals surface area contributed by atoms with Gasteiger partial charge in [0.15, 0.2) is 0 Å². The molecule has 0 bridgehead atoms. The van der Waals surface area contributed by atoms with Crippen molar-refractivity contribution in [3.8, 4) is 0 Å². The minimum Gasteiger partial charge on any atom is -0.342 e. The van der Waals surface area contributed by atoms with Crippen molar-refractivity contribution in [2.24, 2.45) is 17.8 Å². The molecule has 3 nitrogen and oxygen atoms in total. The Labute approximate surface area is 106 Å². The number of nitrogens with zero attached hydrogens (tertiary/aromatic N) is 1. The fraction of sp³-hybridized carbons (Fsp3) is 0.929. The highest BCUT2D eigenvalue weighted by Crippen LogP contribution is 2.17. The highest BCUT2D eigenvalue weighted by molar-refractivity contribution is 5.78. The molecule has 0 aromatic carbocycles. The zero-order valence-electron chi connectivity index (χ0n) is 11.8. The molecule has 0 saturated carbocycles.